The Balaban J connectivity index is 1.66. The molecule has 0 bridgehead atoms. The highest BCUT2D eigenvalue weighted by Gasteiger charge is 2.63. The van der Waals surface area contributed by atoms with Gasteiger partial charge in [-0.1, -0.05) is 13.8 Å². The van der Waals surface area contributed by atoms with Gasteiger partial charge in [-0.2, -0.15) is 0 Å². The van der Waals surface area contributed by atoms with Crippen LogP contribution < -0.4 is 5.73 Å². The highest BCUT2D eigenvalue weighted by Crippen LogP contribution is 2.65. The lowest BCUT2D eigenvalue weighted by atomic mass is 9.43. The molecule has 4 nitrogen and oxygen atoms in total. The highest BCUT2D eigenvalue weighted by molar-refractivity contribution is 5.87. The second-order valence-corrected chi connectivity index (χ2v) is 9.82. The second-order valence-electron chi connectivity index (χ2n) is 9.82. The minimum Gasteiger partial charge on any atom is -0.390 e. The van der Waals surface area contributed by atoms with Gasteiger partial charge in [0, 0.05) is 24.5 Å². The van der Waals surface area contributed by atoms with Crippen molar-refractivity contribution >= 4 is 5.78 Å². The smallest absolute Gasteiger partial charge is 0.139 e. The largest absolute Gasteiger partial charge is 0.390 e. The number of aliphatic hydroxyl groups excluding tert-OH is 1. The van der Waals surface area contributed by atoms with Crippen LogP contribution >= 0.6 is 0 Å². The molecule has 0 unspecified atom stereocenters. The standard InChI is InChI=1S/C21H35NO3/c1-4-25-17-11-20(2)12(9-16(17)23)5-6-13-14-7-8-18(24)21(14,3)10-15(22)19(13)20/h12-17,19,23H,4-11,22H2,1-3H3/t12-,13-,14-,15+,16-,17-,19+,20-,21-/m0/s1. The van der Waals surface area contributed by atoms with E-state index >= 15 is 0 Å². The average Bonchev–Trinajstić information content (AvgIpc) is 2.83. The molecule has 9 atom stereocenters. The summed E-state index contributed by atoms with van der Waals surface area (Å²) in [6.07, 6.45) is 6.36. The predicted octanol–water partition coefficient (Wildman–Crippen LogP) is 2.91. The molecule has 4 rings (SSSR count). The van der Waals surface area contributed by atoms with Crippen molar-refractivity contribution in [3.8, 4) is 0 Å². The minimum atomic E-state index is -0.340. The summed E-state index contributed by atoms with van der Waals surface area (Å²) < 4.78 is 5.90. The summed E-state index contributed by atoms with van der Waals surface area (Å²) in [5.41, 5.74) is 6.73. The maximum atomic E-state index is 12.6. The molecule has 0 radical (unpaired) electrons. The lowest BCUT2D eigenvalue weighted by Crippen LogP contribution is -2.63. The minimum absolute atomic E-state index is 0.0595. The van der Waals surface area contributed by atoms with Gasteiger partial charge in [0.1, 0.15) is 5.78 Å². The van der Waals surface area contributed by atoms with Gasteiger partial charge >= 0.3 is 0 Å². The normalized spacial score (nSPS) is 55.4. The molecule has 4 saturated carbocycles. The summed E-state index contributed by atoms with van der Waals surface area (Å²) >= 11 is 0. The van der Waals surface area contributed by atoms with E-state index in [2.05, 4.69) is 13.8 Å². The van der Waals surface area contributed by atoms with Crippen LogP contribution in [0.1, 0.15) is 65.7 Å². The summed E-state index contributed by atoms with van der Waals surface area (Å²) in [6, 6.07) is 0.0959. The molecule has 4 heteroatoms. The second kappa shape index (κ2) is 6.03. The highest BCUT2D eigenvalue weighted by atomic mass is 16.5. The summed E-state index contributed by atoms with van der Waals surface area (Å²) in [4.78, 5) is 12.6. The van der Waals surface area contributed by atoms with E-state index in [0.717, 1.165) is 32.1 Å². The Hall–Kier alpha value is -0.450. The van der Waals surface area contributed by atoms with Crippen LogP contribution in [0.3, 0.4) is 0 Å². The number of hydrogen-bond acceptors (Lipinski definition) is 4. The molecular formula is C21H35NO3. The summed E-state index contributed by atoms with van der Waals surface area (Å²) in [7, 11) is 0. The number of Topliss-reactive ketones (excluding diaryl/α,β-unsaturated/α-hetero) is 1. The van der Waals surface area contributed by atoms with Crippen molar-refractivity contribution in [3.63, 3.8) is 0 Å². The summed E-state index contributed by atoms with van der Waals surface area (Å²) in [6.45, 7) is 7.25. The first-order valence-electron chi connectivity index (χ1n) is 10.4. The number of rotatable bonds is 2. The molecular weight excluding hydrogens is 314 g/mol. The van der Waals surface area contributed by atoms with Crippen molar-refractivity contribution in [1.29, 1.82) is 0 Å². The molecule has 4 fully saturated rings. The summed E-state index contributed by atoms with van der Waals surface area (Å²) in [5.74, 6) is 2.53. The Kier molecular flexibility index (Phi) is 4.33. The van der Waals surface area contributed by atoms with E-state index in [-0.39, 0.29) is 29.1 Å². The lowest BCUT2D eigenvalue weighted by molar-refractivity contribution is -0.175. The molecule has 3 N–H and O–H groups in total. The third-order valence-electron chi connectivity index (χ3n) is 8.76. The molecule has 0 aromatic carbocycles. The number of fused-ring (bicyclic) bond motifs is 5. The van der Waals surface area contributed by atoms with Crippen molar-refractivity contribution in [3.05, 3.63) is 0 Å². The van der Waals surface area contributed by atoms with Crippen molar-refractivity contribution < 1.29 is 14.6 Å². The number of ether oxygens (including phenoxy) is 1. The third-order valence-corrected chi connectivity index (χ3v) is 8.76. The van der Waals surface area contributed by atoms with E-state index in [1.807, 2.05) is 6.92 Å². The van der Waals surface area contributed by atoms with Crippen molar-refractivity contribution in [1.82, 2.24) is 0 Å². The first-order valence-corrected chi connectivity index (χ1v) is 10.4. The average molecular weight is 350 g/mol. The quantitative estimate of drug-likeness (QED) is 0.804. The fourth-order valence-electron chi connectivity index (χ4n) is 7.67. The monoisotopic (exact) mass is 349 g/mol. The van der Waals surface area contributed by atoms with Crippen molar-refractivity contribution in [2.24, 2.45) is 40.2 Å². The topological polar surface area (TPSA) is 72.5 Å². The fraction of sp³-hybridized carbons (Fsp3) is 0.952. The SMILES string of the molecule is CCO[C@H]1C[C@@]2(C)[C@@H](CC[C@@H]3[C@@H]2[C@H](N)C[C@]2(C)C(=O)CC[C@@H]32)C[C@@H]1O. The van der Waals surface area contributed by atoms with Crippen molar-refractivity contribution in [2.45, 2.75) is 84.0 Å². The maximum Gasteiger partial charge on any atom is 0.139 e. The molecule has 0 amide bonds. The van der Waals surface area contributed by atoms with Gasteiger partial charge in [0.15, 0.2) is 0 Å². The van der Waals surface area contributed by atoms with Crippen LogP contribution in [0.2, 0.25) is 0 Å². The van der Waals surface area contributed by atoms with Gasteiger partial charge in [0.2, 0.25) is 0 Å². The molecule has 142 valence electrons. The summed E-state index contributed by atoms with van der Waals surface area (Å²) in [5, 5.41) is 10.5. The number of ketones is 1. The zero-order chi connectivity index (χ0) is 18.0. The molecule has 25 heavy (non-hydrogen) atoms. The Morgan fingerprint density at radius 3 is 2.72 bits per heavy atom. The molecule has 0 aliphatic heterocycles. The fourth-order valence-corrected chi connectivity index (χ4v) is 7.67. The maximum absolute atomic E-state index is 12.6. The van der Waals surface area contributed by atoms with Gasteiger partial charge in [0.05, 0.1) is 12.2 Å². The lowest BCUT2D eigenvalue weighted by Gasteiger charge is -2.62. The Morgan fingerprint density at radius 2 is 2.00 bits per heavy atom. The van der Waals surface area contributed by atoms with Crippen LogP contribution in [0.15, 0.2) is 0 Å². The third kappa shape index (κ3) is 2.47. The number of carbonyl (C=O) groups excluding carboxylic acids is 1. The Labute approximate surface area is 151 Å². The first kappa shape index (κ1) is 17.9. The number of hydrogen-bond donors (Lipinski definition) is 2. The molecule has 0 heterocycles. The van der Waals surface area contributed by atoms with E-state index < -0.39 is 0 Å². The van der Waals surface area contributed by atoms with Crippen LogP contribution in [0.5, 0.6) is 0 Å². The number of carbonyl (C=O) groups is 1. The Bertz CT molecular complexity index is 551. The molecule has 0 aromatic rings. The Morgan fingerprint density at radius 1 is 1.24 bits per heavy atom. The van der Waals surface area contributed by atoms with E-state index in [4.69, 9.17) is 10.5 Å². The first-order chi connectivity index (χ1) is 11.8. The van der Waals surface area contributed by atoms with Gasteiger partial charge in [-0.05, 0) is 74.5 Å². The van der Waals surface area contributed by atoms with Crippen LogP contribution in [0.25, 0.3) is 0 Å². The number of aliphatic hydroxyl groups is 1. The van der Waals surface area contributed by atoms with Gasteiger partial charge in [0.25, 0.3) is 0 Å². The molecule has 0 aromatic heterocycles. The van der Waals surface area contributed by atoms with Gasteiger partial charge in [-0.15, -0.1) is 0 Å². The molecule has 0 spiro atoms. The molecule has 4 aliphatic rings. The van der Waals surface area contributed by atoms with E-state index in [1.165, 1.54) is 12.8 Å². The van der Waals surface area contributed by atoms with E-state index in [0.29, 0.717) is 36.1 Å². The van der Waals surface area contributed by atoms with Crippen LogP contribution in [-0.4, -0.2) is 35.7 Å². The zero-order valence-electron chi connectivity index (χ0n) is 16.0. The molecule has 0 saturated heterocycles. The van der Waals surface area contributed by atoms with E-state index in [9.17, 15) is 9.90 Å². The van der Waals surface area contributed by atoms with Crippen LogP contribution in [0.4, 0.5) is 0 Å². The van der Waals surface area contributed by atoms with E-state index in [1.54, 1.807) is 0 Å². The van der Waals surface area contributed by atoms with Gasteiger partial charge in [-0.3, -0.25) is 4.79 Å². The number of nitrogens with two attached hydrogens (primary N) is 1. The predicted molar refractivity (Wildman–Crippen MR) is 96.9 cm³/mol. The van der Waals surface area contributed by atoms with Gasteiger partial charge < -0.3 is 15.6 Å². The van der Waals surface area contributed by atoms with Gasteiger partial charge in [-0.25, -0.2) is 0 Å². The molecule has 4 aliphatic carbocycles. The van der Waals surface area contributed by atoms with Crippen molar-refractivity contribution in [2.75, 3.05) is 6.61 Å². The van der Waals surface area contributed by atoms with Crippen LogP contribution in [-0.2, 0) is 9.53 Å². The zero-order valence-corrected chi connectivity index (χ0v) is 16.0. The van der Waals surface area contributed by atoms with Crippen LogP contribution in [0, 0.1) is 34.5 Å².